The Morgan fingerprint density at radius 1 is 0.649 bits per heavy atom. The van der Waals surface area contributed by atoms with Gasteiger partial charge in [0, 0.05) is 6.61 Å². The minimum Gasteiger partial charge on any atom is -0.486 e. The SMILES string of the molecule is CCCCCCCCCCCCCCCCCCOC[C@@H](COP(=O)(OC[C@H]1O[C@@](C#N)(c2ccc3c(N)ncnn23)[C@H](O)[C@@H]1O)OC[C@H]1O[C@@](C#N)(c2ccc3c(N)ncnn23)[C@H](O)[C@@H]1O)Oc1ccccc1. The number of nitrogen functional groups attached to an aromatic ring is 2. The number of unbranched alkanes of at least 4 members (excludes halogenated alkanes) is 15. The maximum Gasteiger partial charge on any atom is 0.475 e. The number of fused-ring (bicyclic) bond motifs is 2. The third-order valence-electron chi connectivity index (χ3n) is 13.7. The molecule has 0 radical (unpaired) electrons. The quantitative estimate of drug-likeness (QED) is 0.0206. The average molecular weight is 1050 g/mol. The fraction of sp³-hybridized carbons (Fsp3) is 0.608. The molecule has 6 heterocycles. The Hall–Kier alpha value is -5.33. The summed E-state index contributed by atoms with van der Waals surface area (Å²) < 4.78 is 59.4. The average Bonchev–Trinajstić information content (AvgIpc) is 4.17. The van der Waals surface area contributed by atoms with E-state index < -0.39 is 81.6 Å². The lowest BCUT2D eigenvalue weighted by Crippen LogP contribution is -2.41. The second-order valence-corrected chi connectivity index (χ2v) is 20.6. The number of para-hydroxylation sites is 1. The molecule has 2 saturated heterocycles. The molecule has 1 aromatic carbocycles. The number of aliphatic hydroxyl groups excluding tert-OH is 4. The molecular weight excluding hydrogens is 976 g/mol. The Balaban J connectivity index is 0.989. The lowest BCUT2D eigenvalue weighted by molar-refractivity contribution is -0.0756. The predicted molar refractivity (Wildman–Crippen MR) is 270 cm³/mol. The molecule has 0 aliphatic carbocycles. The molecule has 0 spiro atoms. The van der Waals surface area contributed by atoms with Crippen molar-refractivity contribution in [2.45, 2.75) is 164 Å². The largest absolute Gasteiger partial charge is 0.486 e. The van der Waals surface area contributed by atoms with E-state index >= 15 is 0 Å². The van der Waals surface area contributed by atoms with Crippen LogP contribution in [-0.4, -0.2) is 125 Å². The van der Waals surface area contributed by atoms with Gasteiger partial charge in [0.25, 0.3) is 0 Å². The van der Waals surface area contributed by atoms with Crippen LogP contribution in [0.25, 0.3) is 11.0 Å². The van der Waals surface area contributed by atoms with E-state index in [9.17, 15) is 35.5 Å². The van der Waals surface area contributed by atoms with Crippen molar-refractivity contribution in [1.82, 2.24) is 29.2 Å². The van der Waals surface area contributed by atoms with E-state index in [-0.39, 0.29) is 29.6 Å². The Labute approximate surface area is 431 Å². The van der Waals surface area contributed by atoms with Gasteiger partial charge in [-0.2, -0.15) is 20.7 Å². The highest BCUT2D eigenvalue weighted by Gasteiger charge is 2.59. The summed E-state index contributed by atoms with van der Waals surface area (Å²) in [7, 11) is -4.90. The predicted octanol–water partition coefficient (Wildman–Crippen LogP) is 6.20. The van der Waals surface area contributed by atoms with Crippen LogP contribution in [0.15, 0.2) is 67.3 Å². The third kappa shape index (κ3) is 13.4. The number of benzene rings is 1. The van der Waals surface area contributed by atoms with Crippen LogP contribution >= 0.6 is 7.82 Å². The highest BCUT2D eigenvalue weighted by molar-refractivity contribution is 7.48. The normalized spacial score (nSPS) is 24.4. The van der Waals surface area contributed by atoms with E-state index in [0.717, 1.165) is 31.9 Å². The highest BCUT2D eigenvalue weighted by Crippen LogP contribution is 2.52. The van der Waals surface area contributed by atoms with Crippen molar-refractivity contribution in [2.24, 2.45) is 0 Å². The van der Waals surface area contributed by atoms with Crippen LogP contribution in [0.5, 0.6) is 5.75 Å². The van der Waals surface area contributed by atoms with Crippen molar-refractivity contribution in [1.29, 1.82) is 10.5 Å². The number of hydrogen-bond donors (Lipinski definition) is 6. The lowest BCUT2D eigenvalue weighted by atomic mass is 9.92. The zero-order valence-electron chi connectivity index (χ0n) is 42.0. The number of aromatic nitrogens is 6. The van der Waals surface area contributed by atoms with E-state index in [4.69, 9.17) is 44.0 Å². The summed E-state index contributed by atoms with van der Waals surface area (Å²) in [6.07, 6.45) is 10.9. The Kier molecular flexibility index (Phi) is 20.5. The lowest BCUT2D eigenvalue weighted by Gasteiger charge is -2.26. The second-order valence-electron chi connectivity index (χ2n) is 19.0. The monoisotopic (exact) mass is 1050 g/mol. The molecule has 0 amide bonds. The van der Waals surface area contributed by atoms with Crippen molar-refractivity contribution in [3.05, 3.63) is 78.6 Å². The summed E-state index contributed by atoms with van der Waals surface area (Å²) in [5.41, 5.74) is 8.24. The van der Waals surface area contributed by atoms with E-state index in [1.807, 2.05) is 18.2 Å². The Morgan fingerprint density at radius 2 is 1.09 bits per heavy atom. The summed E-state index contributed by atoms with van der Waals surface area (Å²) in [4.78, 5) is 7.91. The molecule has 5 aromatic rings. The van der Waals surface area contributed by atoms with Gasteiger partial charge in [-0.1, -0.05) is 121 Å². The number of phosphoric acid groups is 1. The summed E-state index contributed by atoms with van der Waals surface area (Å²) >= 11 is 0. The van der Waals surface area contributed by atoms with Gasteiger partial charge in [-0.3, -0.25) is 13.6 Å². The van der Waals surface area contributed by atoms with E-state index in [1.165, 1.54) is 117 Å². The molecule has 402 valence electrons. The van der Waals surface area contributed by atoms with Gasteiger partial charge in [0.2, 0.25) is 11.2 Å². The minimum absolute atomic E-state index is 0.00891. The minimum atomic E-state index is -4.90. The van der Waals surface area contributed by atoms with Gasteiger partial charge in [-0.15, -0.1) is 0 Å². The summed E-state index contributed by atoms with van der Waals surface area (Å²) in [6.45, 7) is 0.681. The van der Waals surface area contributed by atoms with E-state index in [0.29, 0.717) is 23.4 Å². The van der Waals surface area contributed by atoms with Crippen LogP contribution in [0, 0.1) is 22.7 Å². The van der Waals surface area contributed by atoms with Crippen LogP contribution in [0.3, 0.4) is 0 Å². The molecule has 23 heteroatoms. The fourth-order valence-electron chi connectivity index (χ4n) is 9.49. The molecular formula is C51H71N10O12P. The van der Waals surface area contributed by atoms with Gasteiger partial charge in [-0.25, -0.2) is 23.6 Å². The maximum atomic E-state index is 14.9. The van der Waals surface area contributed by atoms with Crippen LogP contribution in [-0.2, 0) is 43.5 Å². The van der Waals surface area contributed by atoms with Gasteiger partial charge >= 0.3 is 7.82 Å². The molecule has 8 N–H and O–H groups in total. The van der Waals surface area contributed by atoms with Crippen molar-refractivity contribution < 1.29 is 57.5 Å². The topological polar surface area (TPSA) is 323 Å². The van der Waals surface area contributed by atoms with Crippen molar-refractivity contribution >= 4 is 30.5 Å². The van der Waals surface area contributed by atoms with Crippen molar-refractivity contribution in [3.63, 3.8) is 0 Å². The number of ether oxygens (including phenoxy) is 4. The number of phosphoric ester groups is 1. The molecule has 9 atom stereocenters. The maximum absolute atomic E-state index is 14.9. The number of hydrogen-bond acceptors (Lipinski definition) is 20. The van der Waals surface area contributed by atoms with E-state index in [2.05, 4.69) is 27.1 Å². The molecule has 0 saturated carbocycles. The van der Waals surface area contributed by atoms with Gasteiger partial charge in [0.05, 0.1) is 37.8 Å². The van der Waals surface area contributed by atoms with Crippen LogP contribution in [0.4, 0.5) is 11.6 Å². The number of nitriles is 2. The summed E-state index contributed by atoms with van der Waals surface area (Å²) in [5, 5.41) is 74.7. The van der Waals surface area contributed by atoms with Gasteiger partial charge in [0.1, 0.15) is 84.3 Å². The molecule has 2 aliphatic rings. The third-order valence-corrected chi connectivity index (χ3v) is 15.1. The summed E-state index contributed by atoms with van der Waals surface area (Å²) in [5.74, 6) is 0.630. The zero-order valence-corrected chi connectivity index (χ0v) is 42.9. The number of nitrogens with two attached hydrogens (primary N) is 2. The number of aliphatic hydroxyl groups is 4. The Bertz CT molecular complexity index is 2540. The van der Waals surface area contributed by atoms with Gasteiger partial charge < -0.3 is 50.8 Å². The van der Waals surface area contributed by atoms with Crippen LogP contribution in [0.2, 0.25) is 0 Å². The first kappa shape index (κ1) is 56.4. The summed E-state index contributed by atoms with van der Waals surface area (Å²) in [6, 6.07) is 18.7. The number of anilines is 2. The molecule has 4 aromatic heterocycles. The molecule has 2 aliphatic heterocycles. The first-order valence-electron chi connectivity index (χ1n) is 25.8. The molecule has 0 bridgehead atoms. The zero-order chi connectivity index (χ0) is 52.6. The van der Waals surface area contributed by atoms with Gasteiger partial charge in [-0.05, 0) is 42.8 Å². The number of nitrogens with zero attached hydrogens (tertiary/aromatic N) is 8. The fourth-order valence-corrected chi connectivity index (χ4v) is 10.7. The first-order valence-corrected chi connectivity index (χ1v) is 27.3. The second kappa shape index (κ2) is 26.9. The molecule has 7 rings (SSSR count). The molecule has 0 unspecified atom stereocenters. The molecule has 74 heavy (non-hydrogen) atoms. The number of rotatable bonds is 32. The Morgan fingerprint density at radius 3 is 1.54 bits per heavy atom. The standard InChI is InChI=1S/C51H71N10O12P/c1-2-3-4-5-6-7-8-9-10-11-12-13-14-15-16-20-27-67-28-37(71-36-21-18-17-19-22-36)29-68-74(66,69-30-40-44(62)46(64)50(32-52,72-40)42-25-23-38-48(54)56-34-58-60(38)42)70-31-41-45(63)47(65)51(33-53,73-41)43-26-24-39-49(55)57-35-59-61(39)43/h17-19,21-26,34-35,37,40-41,44-47,62-65H,2-16,20,27-31H2,1H3,(H2,54,56,58)(H2,55,57,59)/t37-,40+,41+,44+,45+,46+,47+,50-,51-/m0/s1. The van der Waals surface area contributed by atoms with E-state index in [1.54, 1.807) is 24.3 Å². The molecule has 2 fully saturated rings. The molecule has 22 nitrogen and oxygen atoms in total. The first-order chi connectivity index (χ1) is 35.9. The van der Waals surface area contributed by atoms with Crippen molar-refractivity contribution in [3.8, 4) is 17.9 Å². The van der Waals surface area contributed by atoms with Crippen LogP contribution in [0.1, 0.15) is 121 Å². The van der Waals surface area contributed by atoms with Crippen LogP contribution < -0.4 is 16.2 Å². The smallest absolute Gasteiger partial charge is 0.475 e. The highest BCUT2D eigenvalue weighted by atomic mass is 31.2. The van der Waals surface area contributed by atoms with Gasteiger partial charge in [0.15, 0.2) is 11.6 Å². The van der Waals surface area contributed by atoms with Crippen molar-refractivity contribution in [2.75, 3.05) is 44.5 Å².